The third kappa shape index (κ3) is 1.24. The van der Waals surface area contributed by atoms with Crippen molar-refractivity contribution in [1.82, 2.24) is 9.55 Å². The van der Waals surface area contributed by atoms with Crippen molar-refractivity contribution in [2.45, 2.75) is 19.3 Å². The quantitative estimate of drug-likeness (QED) is 0.723. The average Bonchev–Trinajstić information content (AvgIpc) is 3.06. The van der Waals surface area contributed by atoms with Crippen molar-refractivity contribution >= 4 is 6.08 Å². The van der Waals surface area contributed by atoms with Crippen molar-refractivity contribution in [3.05, 3.63) is 53.6 Å². The Balaban J connectivity index is 1.97. The van der Waals surface area contributed by atoms with Crippen molar-refractivity contribution in [3.63, 3.8) is 0 Å². The van der Waals surface area contributed by atoms with E-state index in [4.69, 9.17) is 0 Å². The van der Waals surface area contributed by atoms with E-state index >= 15 is 0 Å². The molecule has 0 amide bonds. The second-order valence-corrected chi connectivity index (χ2v) is 4.97. The summed E-state index contributed by atoms with van der Waals surface area (Å²) in [5, 5.41) is 0. The first kappa shape index (κ1) is 9.23. The van der Waals surface area contributed by atoms with Gasteiger partial charge in [-0.3, -0.25) is 0 Å². The van der Waals surface area contributed by atoms with Crippen molar-refractivity contribution in [1.29, 1.82) is 0 Å². The van der Waals surface area contributed by atoms with Crippen LogP contribution < -0.4 is 0 Å². The van der Waals surface area contributed by atoms with Crippen LogP contribution in [0.2, 0.25) is 0 Å². The summed E-state index contributed by atoms with van der Waals surface area (Å²) in [5.74, 6) is 2.57. The monoisotopic (exact) mass is 222 g/mol. The Kier molecular flexibility index (Phi) is 1.68. The summed E-state index contributed by atoms with van der Waals surface area (Å²) in [6, 6.07) is 10.5. The lowest BCUT2D eigenvalue weighted by Gasteiger charge is -2.12. The van der Waals surface area contributed by atoms with Crippen LogP contribution in [0, 0.1) is 12.8 Å². The van der Waals surface area contributed by atoms with Crippen LogP contribution in [0.1, 0.15) is 29.6 Å². The summed E-state index contributed by atoms with van der Waals surface area (Å²) >= 11 is 0. The summed E-state index contributed by atoms with van der Waals surface area (Å²) in [5.41, 5.74) is 3.83. The highest BCUT2D eigenvalue weighted by Crippen LogP contribution is 2.53. The maximum absolute atomic E-state index is 4.68. The van der Waals surface area contributed by atoms with Crippen molar-refractivity contribution in [2.24, 2.45) is 5.92 Å². The first-order valence-corrected chi connectivity index (χ1v) is 6.17. The number of fused-ring (bicyclic) bond motifs is 3. The smallest absolute Gasteiger partial charge is 0.111 e. The lowest BCUT2D eigenvalue weighted by atomic mass is 10.1. The van der Waals surface area contributed by atoms with Crippen LogP contribution >= 0.6 is 0 Å². The Morgan fingerprint density at radius 2 is 2.06 bits per heavy atom. The molecule has 0 saturated heterocycles. The van der Waals surface area contributed by atoms with Crippen LogP contribution in [-0.2, 0) is 0 Å². The molecule has 2 aromatic rings. The van der Waals surface area contributed by atoms with Crippen LogP contribution in [0.4, 0.5) is 0 Å². The number of aromatic nitrogens is 2. The highest BCUT2D eigenvalue weighted by atomic mass is 15.1. The molecule has 0 aliphatic heterocycles. The molecule has 2 atom stereocenters. The molecule has 2 nitrogen and oxygen atoms in total. The van der Waals surface area contributed by atoms with Gasteiger partial charge in [-0.15, -0.1) is 0 Å². The van der Waals surface area contributed by atoms with Gasteiger partial charge in [-0.1, -0.05) is 24.3 Å². The number of aryl methyl sites for hydroxylation is 1. The predicted molar refractivity (Wildman–Crippen MR) is 68.2 cm³/mol. The van der Waals surface area contributed by atoms with E-state index in [1.165, 1.54) is 23.5 Å². The van der Waals surface area contributed by atoms with Gasteiger partial charge in [0.05, 0.1) is 11.4 Å². The van der Waals surface area contributed by atoms with Gasteiger partial charge in [0, 0.05) is 11.6 Å². The molecule has 2 aliphatic rings. The average molecular weight is 222 g/mol. The molecule has 0 bridgehead atoms. The van der Waals surface area contributed by atoms with Gasteiger partial charge in [0.15, 0.2) is 0 Å². The van der Waals surface area contributed by atoms with Gasteiger partial charge in [-0.25, -0.2) is 4.98 Å². The zero-order chi connectivity index (χ0) is 11.4. The first-order valence-electron chi connectivity index (χ1n) is 6.17. The van der Waals surface area contributed by atoms with Gasteiger partial charge in [-0.2, -0.15) is 0 Å². The van der Waals surface area contributed by atoms with Crippen molar-refractivity contribution in [2.75, 3.05) is 0 Å². The summed E-state index contributed by atoms with van der Waals surface area (Å²) in [7, 11) is 0. The summed E-state index contributed by atoms with van der Waals surface area (Å²) in [4.78, 5) is 4.68. The number of imidazole rings is 1. The van der Waals surface area contributed by atoms with E-state index in [1.807, 2.05) is 0 Å². The van der Waals surface area contributed by atoms with Crippen LogP contribution in [0.15, 0.2) is 36.4 Å². The molecule has 1 saturated carbocycles. The third-order valence-corrected chi connectivity index (χ3v) is 3.82. The third-order valence-electron chi connectivity index (χ3n) is 3.82. The first-order chi connectivity index (χ1) is 8.34. The summed E-state index contributed by atoms with van der Waals surface area (Å²) in [6.45, 7) is 2.09. The molecule has 0 N–H and O–H groups in total. The van der Waals surface area contributed by atoms with Crippen LogP contribution in [-0.4, -0.2) is 9.55 Å². The molecule has 0 radical (unpaired) electrons. The standard InChI is InChI=1S/C15H14N2/c1-10-16-14-8-7-11-9-13(11)15(14)17(10)12-5-3-2-4-6-12/h2-8,11,13H,9H2,1H3. The van der Waals surface area contributed by atoms with Gasteiger partial charge in [-0.05, 0) is 37.5 Å². The fraction of sp³-hybridized carbons (Fsp3) is 0.267. The fourth-order valence-corrected chi connectivity index (χ4v) is 2.91. The second-order valence-electron chi connectivity index (χ2n) is 4.97. The SMILES string of the molecule is Cc1nc2c(n1-c1ccccc1)C1CC1C=C2. The molecule has 1 aromatic heterocycles. The summed E-state index contributed by atoms with van der Waals surface area (Å²) in [6.07, 6.45) is 5.80. The second kappa shape index (κ2) is 3.10. The maximum atomic E-state index is 4.68. The normalized spacial score (nSPS) is 24.3. The lowest BCUT2D eigenvalue weighted by molar-refractivity contribution is 0.858. The van der Waals surface area contributed by atoms with Gasteiger partial charge in [0.25, 0.3) is 0 Å². The van der Waals surface area contributed by atoms with E-state index in [9.17, 15) is 0 Å². The number of nitrogens with zero attached hydrogens (tertiary/aromatic N) is 2. The zero-order valence-corrected chi connectivity index (χ0v) is 9.80. The minimum Gasteiger partial charge on any atom is -0.300 e. The molecule has 4 rings (SSSR count). The Labute approximate surface area is 101 Å². The number of rotatable bonds is 1. The molecule has 17 heavy (non-hydrogen) atoms. The maximum Gasteiger partial charge on any atom is 0.111 e. The molecule has 84 valence electrons. The number of hydrogen-bond donors (Lipinski definition) is 0. The predicted octanol–water partition coefficient (Wildman–Crippen LogP) is 3.31. The molecule has 2 aliphatic carbocycles. The molecule has 2 unspecified atom stereocenters. The number of para-hydroxylation sites is 1. The van der Waals surface area contributed by atoms with E-state index in [0.29, 0.717) is 5.92 Å². The molecular formula is C15H14N2. The topological polar surface area (TPSA) is 17.8 Å². The number of allylic oxidation sites excluding steroid dienone is 1. The number of benzene rings is 1. The Morgan fingerprint density at radius 1 is 1.24 bits per heavy atom. The lowest BCUT2D eigenvalue weighted by Crippen LogP contribution is -2.03. The van der Waals surface area contributed by atoms with Crippen LogP contribution in [0.5, 0.6) is 0 Å². The Morgan fingerprint density at radius 3 is 2.88 bits per heavy atom. The van der Waals surface area contributed by atoms with E-state index in [0.717, 1.165) is 11.7 Å². The molecular weight excluding hydrogens is 208 g/mol. The van der Waals surface area contributed by atoms with Crippen LogP contribution in [0.25, 0.3) is 11.8 Å². The van der Waals surface area contributed by atoms with Gasteiger partial charge < -0.3 is 4.57 Å². The highest BCUT2D eigenvalue weighted by Gasteiger charge is 2.43. The molecule has 0 spiro atoms. The van der Waals surface area contributed by atoms with E-state index in [2.05, 4.69) is 59.0 Å². The molecule has 1 heterocycles. The highest BCUT2D eigenvalue weighted by molar-refractivity contribution is 5.58. The number of hydrogen-bond acceptors (Lipinski definition) is 1. The minimum atomic E-state index is 0.705. The minimum absolute atomic E-state index is 0.705. The van der Waals surface area contributed by atoms with Crippen molar-refractivity contribution < 1.29 is 0 Å². The zero-order valence-electron chi connectivity index (χ0n) is 9.80. The molecule has 1 aromatic carbocycles. The molecule has 1 fully saturated rings. The fourth-order valence-electron chi connectivity index (χ4n) is 2.91. The van der Waals surface area contributed by atoms with Gasteiger partial charge in [0.1, 0.15) is 5.82 Å². The van der Waals surface area contributed by atoms with E-state index < -0.39 is 0 Å². The van der Waals surface area contributed by atoms with E-state index in [1.54, 1.807) is 0 Å². The van der Waals surface area contributed by atoms with Crippen molar-refractivity contribution in [3.8, 4) is 5.69 Å². The largest absolute Gasteiger partial charge is 0.300 e. The van der Waals surface area contributed by atoms with Crippen LogP contribution in [0.3, 0.4) is 0 Å². The van der Waals surface area contributed by atoms with E-state index in [-0.39, 0.29) is 0 Å². The Hall–Kier alpha value is -1.83. The summed E-state index contributed by atoms with van der Waals surface area (Å²) < 4.78 is 2.32. The van der Waals surface area contributed by atoms with Gasteiger partial charge in [0.2, 0.25) is 0 Å². The van der Waals surface area contributed by atoms with Gasteiger partial charge >= 0.3 is 0 Å². The Bertz CT molecular complexity index is 607. The molecule has 2 heteroatoms.